The Morgan fingerprint density at radius 3 is 2.29 bits per heavy atom. The van der Waals surface area contributed by atoms with Crippen LogP contribution in [0.5, 0.6) is 5.75 Å². The van der Waals surface area contributed by atoms with E-state index in [0.29, 0.717) is 32.4 Å². The van der Waals surface area contributed by atoms with E-state index in [1.165, 1.54) is 0 Å². The van der Waals surface area contributed by atoms with Crippen LogP contribution in [0.4, 0.5) is 0 Å². The van der Waals surface area contributed by atoms with Crippen LogP contribution in [0, 0.1) is 0 Å². The first-order valence-corrected chi connectivity index (χ1v) is 8.57. The van der Waals surface area contributed by atoms with Crippen LogP contribution >= 0.6 is 62.3 Å². The molecule has 6 heteroatoms. The SMILES string of the molecule is CCOc1cc(Cl)c(C(Br)c2ccc(Cl)c(Cl)c2)cc1Cl. The van der Waals surface area contributed by atoms with Gasteiger partial charge in [-0.1, -0.05) is 68.4 Å². The third kappa shape index (κ3) is 4.00. The zero-order chi connectivity index (χ0) is 15.6. The minimum atomic E-state index is -0.145. The van der Waals surface area contributed by atoms with Crippen molar-refractivity contribution in [3.8, 4) is 5.75 Å². The Hall–Kier alpha value is -0.120. The molecule has 0 bridgehead atoms. The summed E-state index contributed by atoms with van der Waals surface area (Å²) >= 11 is 28.1. The van der Waals surface area contributed by atoms with Crippen LogP contribution in [0.3, 0.4) is 0 Å². The Balaban J connectivity index is 2.40. The highest BCUT2D eigenvalue weighted by atomic mass is 79.9. The minimum absolute atomic E-state index is 0.145. The molecule has 2 aromatic carbocycles. The van der Waals surface area contributed by atoms with Gasteiger partial charge in [0.25, 0.3) is 0 Å². The van der Waals surface area contributed by atoms with Crippen molar-refractivity contribution in [1.29, 1.82) is 0 Å². The molecule has 2 aromatic rings. The largest absolute Gasteiger partial charge is 0.492 e. The lowest BCUT2D eigenvalue weighted by Gasteiger charge is -2.15. The van der Waals surface area contributed by atoms with Gasteiger partial charge in [-0.15, -0.1) is 0 Å². The summed E-state index contributed by atoms with van der Waals surface area (Å²) in [5.41, 5.74) is 1.77. The number of alkyl halides is 1. The average Bonchev–Trinajstić information content (AvgIpc) is 2.45. The van der Waals surface area contributed by atoms with E-state index in [-0.39, 0.29) is 4.83 Å². The zero-order valence-electron chi connectivity index (χ0n) is 11.0. The van der Waals surface area contributed by atoms with Gasteiger partial charge in [-0.3, -0.25) is 0 Å². The van der Waals surface area contributed by atoms with Crippen molar-refractivity contribution < 1.29 is 4.74 Å². The molecule has 0 aliphatic heterocycles. The van der Waals surface area contributed by atoms with E-state index in [9.17, 15) is 0 Å². The summed E-state index contributed by atoms with van der Waals surface area (Å²) in [6, 6.07) is 8.93. The molecular formula is C15H11BrCl4O. The number of rotatable bonds is 4. The summed E-state index contributed by atoms with van der Waals surface area (Å²) < 4.78 is 5.42. The van der Waals surface area contributed by atoms with Gasteiger partial charge < -0.3 is 4.74 Å². The monoisotopic (exact) mass is 426 g/mol. The minimum Gasteiger partial charge on any atom is -0.492 e. The van der Waals surface area contributed by atoms with Crippen molar-refractivity contribution in [3.63, 3.8) is 0 Å². The standard InChI is InChI=1S/C15H11BrCl4O/c1-2-21-14-7-11(18)9(6-13(14)20)15(16)8-3-4-10(17)12(19)5-8/h3-7,15H,2H2,1H3. The molecule has 0 heterocycles. The van der Waals surface area contributed by atoms with Crippen LogP contribution in [0.2, 0.25) is 20.1 Å². The molecule has 1 unspecified atom stereocenters. The van der Waals surface area contributed by atoms with E-state index < -0.39 is 0 Å². The number of hydrogen-bond acceptors (Lipinski definition) is 1. The lowest BCUT2D eigenvalue weighted by molar-refractivity contribution is 0.340. The van der Waals surface area contributed by atoms with Gasteiger partial charge in [0.15, 0.2) is 0 Å². The highest BCUT2D eigenvalue weighted by molar-refractivity contribution is 9.09. The number of benzene rings is 2. The molecule has 0 saturated heterocycles. The molecule has 0 saturated carbocycles. The van der Waals surface area contributed by atoms with Crippen LogP contribution in [0.15, 0.2) is 30.3 Å². The molecule has 0 fully saturated rings. The van der Waals surface area contributed by atoms with E-state index >= 15 is 0 Å². The first-order chi connectivity index (χ1) is 9.93. The van der Waals surface area contributed by atoms with Gasteiger partial charge >= 0.3 is 0 Å². The second-order valence-corrected chi connectivity index (χ2v) is 6.82. The quantitative estimate of drug-likeness (QED) is 0.468. The summed E-state index contributed by atoms with van der Waals surface area (Å²) in [6.07, 6.45) is 0. The third-order valence-electron chi connectivity index (χ3n) is 2.86. The van der Waals surface area contributed by atoms with E-state index in [1.807, 2.05) is 13.0 Å². The van der Waals surface area contributed by atoms with Crippen LogP contribution in [0.1, 0.15) is 22.9 Å². The smallest absolute Gasteiger partial charge is 0.139 e. The summed E-state index contributed by atoms with van der Waals surface area (Å²) in [6.45, 7) is 2.42. The summed E-state index contributed by atoms with van der Waals surface area (Å²) in [7, 11) is 0. The molecule has 0 aliphatic rings. The highest BCUT2D eigenvalue weighted by Crippen LogP contribution is 2.41. The Labute approximate surface area is 152 Å². The second kappa shape index (κ2) is 7.43. The van der Waals surface area contributed by atoms with Crippen molar-refractivity contribution in [2.45, 2.75) is 11.8 Å². The van der Waals surface area contributed by atoms with Crippen LogP contribution in [0.25, 0.3) is 0 Å². The molecule has 0 aliphatic carbocycles. The summed E-state index contributed by atoms with van der Waals surface area (Å²) in [5, 5.41) is 2.08. The van der Waals surface area contributed by atoms with Gasteiger partial charge in [0.1, 0.15) is 5.75 Å². The molecule has 1 atom stereocenters. The first-order valence-electron chi connectivity index (χ1n) is 6.14. The fraction of sp³-hybridized carbons (Fsp3) is 0.200. The summed E-state index contributed by atoms with van der Waals surface area (Å²) in [5.74, 6) is 0.571. The number of halogens is 5. The number of hydrogen-bond donors (Lipinski definition) is 0. The average molecular weight is 429 g/mol. The highest BCUT2D eigenvalue weighted by Gasteiger charge is 2.17. The van der Waals surface area contributed by atoms with Gasteiger partial charge in [0.05, 0.1) is 26.5 Å². The van der Waals surface area contributed by atoms with Crippen LogP contribution in [-0.4, -0.2) is 6.61 Å². The maximum atomic E-state index is 6.33. The lowest BCUT2D eigenvalue weighted by atomic mass is 10.0. The van der Waals surface area contributed by atoms with E-state index in [2.05, 4.69) is 15.9 Å². The summed E-state index contributed by atoms with van der Waals surface area (Å²) in [4.78, 5) is -0.145. The van der Waals surface area contributed by atoms with Gasteiger partial charge in [-0.2, -0.15) is 0 Å². The van der Waals surface area contributed by atoms with Gasteiger partial charge in [0.2, 0.25) is 0 Å². The number of ether oxygens (including phenoxy) is 1. The predicted octanol–water partition coefficient (Wildman–Crippen LogP) is 7.18. The van der Waals surface area contributed by atoms with E-state index in [1.54, 1.807) is 24.3 Å². The molecule has 0 radical (unpaired) electrons. The molecule has 1 nitrogen and oxygen atoms in total. The Kier molecular flexibility index (Phi) is 6.10. The van der Waals surface area contributed by atoms with Crippen molar-refractivity contribution in [1.82, 2.24) is 0 Å². The predicted molar refractivity (Wildman–Crippen MR) is 94.9 cm³/mol. The molecule has 21 heavy (non-hydrogen) atoms. The maximum Gasteiger partial charge on any atom is 0.139 e. The van der Waals surface area contributed by atoms with Gasteiger partial charge in [-0.25, -0.2) is 0 Å². The van der Waals surface area contributed by atoms with E-state index in [4.69, 9.17) is 51.1 Å². The van der Waals surface area contributed by atoms with Crippen molar-refractivity contribution in [3.05, 3.63) is 61.5 Å². The van der Waals surface area contributed by atoms with Crippen molar-refractivity contribution >= 4 is 62.3 Å². The van der Waals surface area contributed by atoms with Crippen molar-refractivity contribution in [2.75, 3.05) is 6.61 Å². The third-order valence-corrected chi connectivity index (χ3v) is 5.24. The molecule has 2 rings (SSSR count). The first kappa shape index (κ1) is 17.2. The second-order valence-electron chi connectivity index (χ2n) is 4.27. The Morgan fingerprint density at radius 2 is 1.67 bits per heavy atom. The zero-order valence-corrected chi connectivity index (χ0v) is 15.6. The molecule has 0 amide bonds. The Bertz CT molecular complexity index is 660. The lowest BCUT2D eigenvalue weighted by Crippen LogP contribution is -1.97. The fourth-order valence-corrected chi connectivity index (χ4v) is 3.45. The Morgan fingerprint density at radius 1 is 0.952 bits per heavy atom. The van der Waals surface area contributed by atoms with Crippen molar-refractivity contribution in [2.24, 2.45) is 0 Å². The molecule has 112 valence electrons. The molecular weight excluding hydrogens is 418 g/mol. The normalized spacial score (nSPS) is 12.3. The van der Waals surface area contributed by atoms with Gasteiger partial charge in [0, 0.05) is 11.1 Å². The van der Waals surface area contributed by atoms with E-state index in [0.717, 1.165) is 11.1 Å². The van der Waals surface area contributed by atoms with Gasteiger partial charge in [-0.05, 0) is 36.2 Å². The topological polar surface area (TPSA) is 9.23 Å². The van der Waals surface area contributed by atoms with Crippen LogP contribution in [-0.2, 0) is 0 Å². The molecule has 0 N–H and O–H groups in total. The fourth-order valence-electron chi connectivity index (χ4n) is 1.85. The maximum absolute atomic E-state index is 6.33. The molecule has 0 spiro atoms. The van der Waals surface area contributed by atoms with Crippen LogP contribution < -0.4 is 4.74 Å². The molecule has 0 aromatic heterocycles.